The number of nitrogens with one attached hydrogen (secondary N) is 1. The van der Waals surface area contributed by atoms with Gasteiger partial charge in [-0.1, -0.05) is 19.4 Å². The van der Waals surface area contributed by atoms with E-state index in [1.165, 1.54) is 14.0 Å². The molecule has 0 radical (unpaired) electrons. The summed E-state index contributed by atoms with van der Waals surface area (Å²) < 4.78 is 16.1. The maximum absolute atomic E-state index is 12.0. The molecule has 0 aliphatic carbocycles. The first-order valence-electron chi connectivity index (χ1n) is 14.3. The summed E-state index contributed by atoms with van der Waals surface area (Å²) in [6, 6.07) is 6.11. The number of esters is 2. The van der Waals surface area contributed by atoms with Crippen molar-refractivity contribution in [3.8, 4) is 5.75 Å². The van der Waals surface area contributed by atoms with Crippen LogP contribution in [0.2, 0.25) is 0 Å². The number of likely N-dealkylation sites (tertiary alicyclic amines) is 1. The van der Waals surface area contributed by atoms with E-state index in [2.05, 4.69) is 46.2 Å². The van der Waals surface area contributed by atoms with Gasteiger partial charge in [-0.3, -0.25) is 14.5 Å². The zero-order valence-corrected chi connectivity index (χ0v) is 24.6. The first-order chi connectivity index (χ1) is 19.2. The number of aromatic nitrogens is 2. The predicted molar refractivity (Wildman–Crippen MR) is 155 cm³/mol. The average molecular weight is 556 g/mol. The van der Waals surface area contributed by atoms with Crippen LogP contribution in [0.5, 0.6) is 5.75 Å². The van der Waals surface area contributed by atoms with Gasteiger partial charge in [0.05, 0.1) is 20.3 Å². The highest BCUT2D eigenvalue weighted by atomic mass is 16.5. The number of methoxy groups -OCH3 is 1. The van der Waals surface area contributed by atoms with Crippen LogP contribution in [0.25, 0.3) is 0 Å². The summed E-state index contributed by atoms with van der Waals surface area (Å²) in [5.41, 5.74) is 10.1. The Balaban J connectivity index is 1.62. The summed E-state index contributed by atoms with van der Waals surface area (Å²) in [6.07, 6.45) is 5.94. The summed E-state index contributed by atoms with van der Waals surface area (Å²) in [5, 5.41) is 3.55. The van der Waals surface area contributed by atoms with Crippen LogP contribution in [0.15, 0.2) is 18.2 Å². The molecule has 1 aromatic heterocycles. The monoisotopic (exact) mass is 555 g/mol. The molecule has 10 nitrogen and oxygen atoms in total. The third-order valence-electron chi connectivity index (χ3n) is 7.36. The first kappa shape index (κ1) is 31.1. The van der Waals surface area contributed by atoms with E-state index in [1.54, 1.807) is 0 Å². The molecule has 1 saturated heterocycles. The molecule has 1 aliphatic heterocycles. The fourth-order valence-electron chi connectivity index (χ4n) is 5.23. The van der Waals surface area contributed by atoms with Gasteiger partial charge in [0, 0.05) is 43.6 Å². The number of carbonyl (C=O) groups is 2. The number of anilines is 2. The lowest BCUT2D eigenvalue weighted by Crippen LogP contribution is -2.37. The van der Waals surface area contributed by atoms with Crippen LogP contribution in [-0.4, -0.2) is 72.3 Å². The Kier molecular flexibility index (Phi) is 12.0. The van der Waals surface area contributed by atoms with Crippen molar-refractivity contribution >= 4 is 23.7 Å². The number of nitrogen functional groups attached to an aromatic ring is 1. The van der Waals surface area contributed by atoms with Crippen molar-refractivity contribution in [3.05, 3.63) is 40.6 Å². The molecule has 1 fully saturated rings. The van der Waals surface area contributed by atoms with Crippen LogP contribution in [0.3, 0.4) is 0 Å². The van der Waals surface area contributed by atoms with Crippen molar-refractivity contribution in [3.63, 3.8) is 0 Å². The minimum atomic E-state index is -0.278. The number of carbonyl (C=O) groups excluding carboxylic acids is 2. The smallest absolute Gasteiger partial charge is 0.323 e. The second-order valence-electron chi connectivity index (χ2n) is 10.4. The molecule has 1 aromatic carbocycles. The third kappa shape index (κ3) is 9.08. The van der Waals surface area contributed by atoms with Gasteiger partial charge in [0.15, 0.2) is 0 Å². The van der Waals surface area contributed by atoms with E-state index in [0.29, 0.717) is 26.1 Å². The van der Waals surface area contributed by atoms with Crippen LogP contribution >= 0.6 is 0 Å². The van der Waals surface area contributed by atoms with E-state index >= 15 is 0 Å². The second kappa shape index (κ2) is 15.4. The summed E-state index contributed by atoms with van der Waals surface area (Å²) in [4.78, 5) is 34.3. The van der Waals surface area contributed by atoms with E-state index < -0.39 is 0 Å². The molecule has 3 N–H and O–H groups in total. The predicted octanol–water partition coefficient (Wildman–Crippen LogP) is 4.21. The van der Waals surface area contributed by atoms with Gasteiger partial charge in [-0.25, -0.2) is 4.98 Å². The summed E-state index contributed by atoms with van der Waals surface area (Å²) >= 11 is 0. The van der Waals surface area contributed by atoms with Crippen molar-refractivity contribution in [2.75, 3.05) is 44.5 Å². The Labute approximate surface area is 238 Å². The van der Waals surface area contributed by atoms with Gasteiger partial charge in [-0.15, -0.1) is 0 Å². The van der Waals surface area contributed by atoms with Gasteiger partial charge in [0.1, 0.15) is 17.6 Å². The Hall–Kier alpha value is -3.40. The zero-order chi connectivity index (χ0) is 29.1. The average Bonchev–Trinajstić information content (AvgIpc) is 3.37. The molecule has 2 heterocycles. The molecule has 1 aliphatic rings. The van der Waals surface area contributed by atoms with Crippen LogP contribution in [0, 0.1) is 13.8 Å². The maximum Gasteiger partial charge on any atom is 0.323 e. The van der Waals surface area contributed by atoms with E-state index in [4.69, 9.17) is 19.9 Å². The fourth-order valence-corrected chi connectivity index (χ4v) is 5.23. The van der Waals surface area contributed by atoms with Crippen LogP contribution in [-0.2, 0) is 25.5 Å². The SMILES string of the molecule is CCC[C@@H](CCOC(C)=O)Nc1nc(N)nc(C)c1Cc1ccc(OCCCN2CCC[C@H]2C(=O)OC)cc1C. The lowest BCUT2D eigenvalue weighted by molar-refractivity contribution is -0.146. The summed E-state index contributed by atoms with van der Waals surface area (Å²) in [5.74, 6) is 1.35. The van der Waals surface area contributed by atoms with Crippen molar-refractivity contribution in [1.29, 1.82) is 0 Å². The van der Waals surface area contributed by atoms with Crippen LogP contribution < -0.4 is 15.8 Å². The molecule has 10 heteroatoms. The molecule has 220 valence electrons. The summed E-state index contributed by atoms with van der Waals surface area (Å²) in [6.45, 7) is 10.2. The Morgan fingerprint density at radius 3 is 2.70 bits per heavy atom. The number of nitrogens with zero attached hydrogens (tertiary/aromatic N) is 3. The Morgan fingerprint density at radius 1 is 1.20 bits per heavy atom. The van der Waals surface area contributed by atoms with Crippen molar-refractivity contribution in [2.24, 2.45) is 0 Å². The van der Waals surface area contributed by atoms with Gasteiger partial charge in [-0.05, 0) is 69.3 Å². The highest BCUT2D eigenvalue weighted by Gasteiger charge is 2.30. The molecule has 2 aromatic rings. The highest BCUT2D eigenvalue weighted by molar-refractivity contribution is 5.76. The molecule has 0 amide bonds. The molecule has 0 unspecified atom stereocenters. The topological polar surface area (TPSA) is 129 Å². The minimum Gasteiger partial charge on any atom is -0.494 e. The number of ether oxygens (including phenoxy) is 3. The Bertz CT molecular complexity index is 1140. The number of hydrogen-bond donors (Lipinski definition) is 2. The fraction of sp³-hybridized carbons (Fsp3) is 0.600. The minimum absolute atomic E-state index is 0.0946. The molecule has 0 bridgehead atoms. The van der Waals surface area contributed by atoms with Gasteiger partial charge in [0.2, 0.25) is 5.95 Å². The number of benzene rings is 1. The van der Waals surface area contributed by atoms with E-state index in [1.807, 2.05) is 13.0 Å². The van der Waals surface area contributed by atoms with Gasteiger partial charge in [0.25, 0.3) is 0 Å². The zero-order valence-electron chi connectivity index (χ0n) is 24.6. The van der Waals surface area contributed by atoms with Crippen molar-refractivity contribution < 1.29 is 23.8 Å². The largest absolute Gasteiger partial charge is 0.494 e. The first-order valence-corrected chi connectivity index (χ1v) is 14.3. The normalized spacial score (nSPS) is 16.0. The number of nitrogens with two attached hydrogens (primary N) is 1. The highest BCUT2D eigenvalue weighted by Crippen LogP contribution is 2.27. The van der Waals surface area contributed by atoms with Gasteiger partial charge >= 0.3 is 11.9 Å². The molecule has 40 heavy (non-hydrogen) atoms. The van der Waals surface area contributed by atoms with Gasteiger partial charge < -0.3 is 25.3 Å². The molecule has 3 rings (SSSR count). The maximum atomic E-state index is 12.0. The number of rotatable bonds is 15. The second-order valence-corrected chi connectivity index (χ2v) is 10.4. The van der Waals surface area contributed by atoms with E-state index in [-0.39, 0.29) is 30.0 Å². The third-order valence-corrected chi connectivity index (χ3v) is 7.36. The van der Waals surface area contributed by atoms with Gasteiger partial charge in [-0.2, -0.15) is 4.98 Å². The molecular weight excluding hydrogens is 510 g/mol. The van der Waals surface area contributed by atoms with Crippen molar-refractivity contribution in [1.82, 2.24) is 14.9 Å². The van der Waals surface area contributed by atoms with Crippen LogP contribution in [0.1, 0.15) is 74.8 Å². The molecule has 0 spiro atoms. The quantitative estimate of drug-likeness (QED) is 0.244. The lowest BCUT2D eigenvalue weighted by Gasteiger charge is -2.22. The molecular formula is C30H45N5O5. The van der Waals surface area contributed by atoms with E-state index in [0.717, 1.165) is 79.1 Å². The lowest BCUT2D eigenvalue weighted by atomic mass is 9.99. The van der Waals surface area contributed by atoms with E-state index in [9.17, 15) is 9.59 Å². The molecule has 0 saturated carbocycles. The van der Waals surface area contributed by atoms with Crippen LogP contribution in [0.4, 0.5) is 11.8 Å². The number of hydrogen-bond acceptors (Lipinski definition) is 10. The standard InChI is InChI=1S/C30H45N5O5/c1-6-9-24(13-17-39-22(4)36)33-28-26(21(3)32-30(31)34-28)19-23-11-12-25(18-20(23)2)40-16-8-15-35-14-7-10-27(35)29(37)38-5/h11-12,18,24,27H,6-10,13-17,19H2,1-5H3,(H3,31,32,33,34)/t24-,27-/m0/s1. The molecule has 2 atom stereocenters. The number of aryl methyl sites for hydroxylation is 2. The Morgan fingerprint density at radius 2 is 2.00 bits per heavy atom. The van der Waals surface area contributed by atoms with Crippen molar-refractivity contribution in [2.45, 2.75) is 84.7 Å². The summed E-state index contributed by atoms with van der Waals surface area (Å²) in [7, 11) is 1.45.